The van der Waals surface area contributed by atoms with Gasteiger partial charge in [-0.05, 0) is 13.8 Å². The summed E-state index contributed by atoms with van der Waals surface area (Å²) < 4.78 is 43.0. The molecule has 0 aliphatic carbocycles. The van der Waals surface area contributed by atoms with Crippen LogP contribution < -0.4 is 5.32 Å². The van der Waals surface area contributed by atoms with Crippen LogP contribution in [0.25, 0.3) is 0 Å². The van der Waals surface area contributed by atoms with Gasteiger partial charge in [0.05, 0.1) is 17.8 Å². The van der Waals surface area contributed by atoms with Crippen LogP contribution in [0.4, 0.5) is 18.3 Å². The standard InChI is InChI=1S/C12H10F3N3O3S2/c1-3-21-10(20)6-5(2)17-11(23-6)18-9(19)7-8(12(13,14)15)16-4-22-7/h4H,3H2,1-2H3,(H,17,18,19). The second-order valence-electron chi connectivity index (χ2n) is 4.14. The zero-order valence-electron chi connectivity index (χ0n) is 11.9. The Morgan fingerprint density at radius 3 is 2.65 bits per heavy atom. The van der Waals surface area contributed by atoms with Crippen LogP contribution in [0.3, 0.4) is 0 Å². The summed E-state index contributed by atoms with van der Waals surface area (Å²) in [6.45, 7) is 3.35. The fraction of sp³-hybridized carbons (Fsp3) is 0.333. The molecule has 0 atom stereocenters. The molecule has 0 unspecified atom stereocenters. The van der Waals surface area contributed by atoms with Crippen LogP contribution in [0.2, 0.25) is 0 Å². The molecule has 11 heteroatoms. The van der Waals surface area contributed by atoms with Gasteiger partial charge in [-0.15, -0.1) is 11.3 Å². The first kappa shape index (κ1) is 17.3. The molecular weight excluding hydrogens is 355 g/mol. The van der Waals surface area contributed by atoms with Gasteiger partial charge in [0.1, 0.15) is 9.75 Å². The van der Waals surface area contributed by atoms with E-state index in [9.17, 15) is 22.8 Å². The lowest BCUT2D eigenvalue weighted by Gasteiger charge is -2.05. The highest BCUT2D eigenvalue weighted by Crippen LogP contribution is 2.33. The van der Waals surface area contributed by atoms with Gasteiger partial charge < -0.3 is 4.74 Å². The van der Waals surface area contributed by atoms with Gasteiger partial charge in [-0.2, -0.15) is 13.2 Å². The molecule has 0 aromatic carbocycles. The van der Waals surface area contributed by atoms with E-state index in [1.807, 2.05) is 0 Å². The second-order valence-corrected chi connectivity index (χ2v) is 5.99. The predicted octanol–water partition coefficient (Wildman–Crippen LogP) is 3.36. The maximum atomic E-state index is 12.7. The molecular formula is C12H10F3N3O3S2. The molecule has 0 fully saturated rings. The maximum Gasteiger partial charge on any atom is 0.434 e. The molecule has 0 spiro atoms. The Labute approximate surface area is 136 Å². The SMILES string of the molecule is CCOC(=O)c1sc(NC(=O)c2scnc2C(F)(F)F)nc1C. The van der Waals surface area contributed by atoms with Crippen molar-refractivity contribution in [1.82, 2.24) is 9.97 Å². The number of nitrogens with one attached hydrogen (secondary N) is 1. The summed E-state index contributed by atoms with van der Waals surface area (Å²) in [5.74, 6) is -1.58. The lowest BCUT2D eigenvalue weighted by molar-refractivity contribution is -0.141. The summed E-state index contributed by atoms with van der Waals surface area (Å²) in [6, 6.07) is 0. The van der Waals surface area contributed by atoms with Crippen LogP contribution in [0, 0.1) is 6.92 Å². The number of amides is 1. The number of alkyl halides is 3. The highest BCUT2D eigenvalue weighted by molar-refractivity contribution is 7.18. The molecule has 0 bridgehead atoms. The van der Waals surface area contributed by atoms with E-state index in [-0.39, 0.29) is 16.6 Å². The summed E-state index contributed by atoms with van der Waals surface area (Å²) in [6.07, 6.45) is -4.72. The smallest absolute Gasteiger partial charge is 0.434 e. The number of carbonyl (C=O) groups is 2. The van der Waals surface area contributed by atoms with Crippen molar-refractivity contribution in [3.63, 3.8) is 0 Å². The number of aryl methyl sites for hydroxylation is 1. The molecule has 0 radical (unpaired) electrons. The number of ether oxygens (including phenoxy) is 1. The van der Waals surface area contributed by atoms with E-state index in [2.05, 4.69) is 15.3 Å². The molecule has 0 aliphatic rings. The zero-order chi connectivity index (χ0) is 17.2. The van der Waals surface area contributed by atoms with E-state index in [0.717, 1.165) is 16.8 Å². The lowest BCUT2D eigenvalue weighted by Crippen LogP contribution is -2.17. The molecule has 2 rings (SSSR count). The number of rotatable bonds is 4. The molecule has 1 amide bonds. The summed E-state index contributed by atoms with van der Waals surface area (Å²) in [7, 11) is 0. The van der Waals surface area contributed by atoms with Gasteiger partial charge in [0, 0.05) is 0 Å². The lowest BCUT2D eigenvalue weighted by atomic mass is 10.3. The van der Waals surface area contributed by atoms with E-state index in [0.29, 0.717) is 17.0 Å². The number of aromatic nitrogens is 2. The summed E-state index contributed by atoms with van der Waals surface area (Å²) in [5, 5.41) is 2.26. The Balaban J connectivity index is 2.20. The first-order valence-corrected chi connectivity index (χ1v) is 7.90. The topological polar surface area (TPSA) is 81.2 Å². The number of carbonyl (C=O) groups excluding carboxylic acids is 2. The molecule has 6 nitrogen and oxygen atoms in total. The largest absolute Gasteiger partial charge is 0.462 e. The summed E-state index contributed by atoms with van der Waals surface area (Å²) >= 11 is 1.40. The zero-order valence-corrected chi connectivity index (χ0v) is 13.5. The van der Waals surface area contributed by atoms with Crippen molar-refractivity contribution >= 4 is 39.7 Å². The fourth-order valence-corrected chi connectivity index (χ4v) is 3.16. The molecule has 2 aromatic heterocycles. The highest BCUT2D eigenvalue weighted by atomic mass is 32.1. The molecule has 2 heterocycles. The van der Waals surface area contributed by atoms with Crippen LogP contribution in [-0.4, -0.2) is 28.5 Å². The van der Waals surface area contributed by atoms with Crippen molar-refractivity contribution in [2.75, 3.05) is 11.9 Å². The van der Waals surface area contributed by atoms with Crippen molar-refractivity contribution in [2.24, 2.45) is 0 Å². The number of hydrogen-bond donors (Lipinski definition) is 1. The van der Waals surface area contributed by atoms with Crippen LogP contribution in [0.5, 0.6) is 0 Å². The van der Waals surface area contributed by atoms with E-state index in [1.165, 1.54) is 6.92 Å². The fourth-order valence-electron chi connectivity index (χ4n) is 1.60. The second kappa shape index (κ2) is 6.62. The highest BCUT2D eigenvalue weighted by Gasteiger charge is 2.38. The first-order valence-electron chi connectivity index (χ1n) is 6.20. The minimum atomic E-state index is -4.72. The van der Waals surface area contributed by atoms with Crippen LogP contribution >= 0.6 is 22.7 Å². The van der Waals surface area contributed by atoms with Crippen LogP contribution in [-0.2, 0) is 10.9 Å². The minimum Gasteiger partial charge on any atom is -0.462 e. The Kier molecular flexibility index (Phi) is 5.00. The molecule has 124 valence electrons. The van der Waals surface area contributed by atoms with E-state index >= 15 is 0 Å². The molecule has 0 saturated heterocycles. The normalized spacial score (nSPS) is 11.3. The average Bonchev–Trinajstić information content (AvgIpc) is 3.05. The number of halogens is 3. The molecule has 0 saturated carbocycles. The molecule has 23 heavy (non-hydrogen) atoms. The van der Waals surface area contributed by atoms with Gasteiger partial charge >= 0.3 is 12.1 Å². The van der Waals surface area contributed by atoms with Crippen molar-refractivity contribution in [3.8, 4) is 0 Å². The molecule has 2 aromatic rings. The van der Waals surface area contributed by atoms with Gasteiger partial charge in [-0.1, -0.05) is 11.3 Å². The predicted molar refractivity (Wildman–Crippen MR) is 77.9 cm³/mol. The molecule has 0 aliphatic heterocycles. The van der Waals surface area contributed by atoms with Crippen LogP contribution in [0.1, 0.15) is 37.7 Å². The Morgan fingerprint density at radius 2 is 2.04 bits per heavy atom. The third-order valence-electron chi connectivity index (χ3n) is 2.52. The van der Waals surface area contributed by atoms with Crippen LogP contribution in [0.15, 0.2) is 5.51 Å². The first-order chi connectivity index (χ1) is 10.7. The van der Waals surface area contributed by atoms with Crippen molar-refractivity contribution in [3.05, 3.63) is 26.7 Å². The summed E-state index contributed by atoms with van der Waals surface area (Å²) in [4.78, 5) is 30.4. The quantitative estimate of drug-likeness (QED) is 0.841. The number of anilines is 1. The van der Waals surface area contributed by atoms with E-state index < -0.39 is 28.6 Å². The maximum absolute atomic E-state index is 12.7. The Hall–Kier alpha value is -2.01. The third kappa shape index (κ3) is 3.85. The number of thiazole rings is 2. The van der Waals surface area contributed by atoms with Gasteiger partial charge in [0.25, 0.3) is 5.91 Å². The monoisotopic (exact) mass is 365 g/mol. The van der Waals surface area contributed by atoms with E-state index in [1.54, 1.807) is 6.92 Å². The number of esters is 1. The van der Waals surface area contributed by atoms with Gasteiger partial charge in [0.2, 0.25) is 0 Å². The van der Waals surface area contributed by atoms with E-state index in [4.69, 9.17) is 4.74 Å². The third-order valence-corrected chi connectivity index (χ3v) is 4.40. The van der Waals surface area contributed by atoms with Crippen molar-refractivity contribution in [1.29, 1.82) is 0 Å². The number of nitrogens with zero attached hydrogens (tertiary/aromatic N) is 2. The van der Waals surface area contributed by atoms with Gasteiger partial charge in [0.15, 0.2) is 10.8 Å². The Bertz CT molecular complexity index is 739. The van der Waals surface area contributed by atoms with Gasteiger partial charge in [-0.3, -0.25) is 10.1 Å². The average molecular weight is 365 g/mol. The molecule has 1 N–H and O–H groups in total. The Morgan fingerprint density at radius 1 is 1.35 bits per heavy atom. The van der Waals surface area contributed by atoms with Gasteiger partial charge in [-0.25, -0.2) is 14.8 Å². The number of hydrogen-bond acceptors (Lipinski definition) is 7. The summed E-state index contributed by atoms with van der Waals surface area (Å²) in [5.41, 5.74) is 0.0116. The van der Waals surface area contributed by atoms with Crippen molar-refractivity contribution < 1.29 is 27.5 Å². The van der Waals surface area contributed by atoms with Crippen molar-refractivity contribution in [2.45, 2.75) is 20.0 Å². The minimum absolute atomic E-state index is 0.0112.